The fraction of sp³-hybridized carbons (Fsp3) is 0.571. The Morgan fingerprint density at radius 2 is 2.11 bits per heavy atom. The molecule has 4 nitrogen and oxygen atoms in total. The van der Waals surface area contributed by atoms with E-state index in [1.54, 1.807) is 7.11 Å². The van der Waals surface area contributed by atoms with Gasteiger partial charge in [-0.25, -0.2) is 0 Å². The van der Waals surface area contributed by atoms with E-state index >= 15 is 0 Å². The van der Waals surface area contributed by atoms with Crippen LogP contribution in [0.5, 0.6) is 5.75 Å². The van der Waals surface area contributed by atoms with Gasteiger partial charge in [0.15, 0.2) is 0 Å². The van der Waals surface area contributed by atoms with Gasteiger partial charge in [0.2, 0.25) is 0 Å². The van der Waals surface area contributed by atoms with E-state index in [1.807, 2.05) is 12.1 Å². The van der Waals surface area contributed by atoms with E-state index in [-0.39, 0.29) is 0 Å². The third kappa shape index (κ3) is 3.76. The average Bonchev–Trinajstić information content (AvgIpc) is 2.40. The first-order valence-electron chi connectivity index (χ1n) is 6.65. The maximum atomic E-state index is 5.87. The summed E-state index contributed by atoms with van der Waals surface area (Å²) in [6.45, 7) is 3.39. The van der Waals surface area contributed by atoms with E-state index in [9.17, 15) is 0 Å². The van der Waals surface area contributed by atoms with Gasteiger partial charge in [0.1, 0.15) is 5.75 Å². The molecule has 0 spiro atoms. The molecule has 0 radical (unpaired) electrons. The lowest BCUT2D eigenvalue weighted by Crippen LogP contribution is -2.33. The number of rotatable bonds is 4. The molecule has 0 aliphatic carbocycles. The Kier molecular flexibility index (Phi) is 4.93. The van der Waals surface area contributed by atoms with Gasteiger partial charge < -0.3 is 20.7 Å². The summed E-state index contributed by atoms with van der Waals surface area (Å²) in [7, 11) is 3.82. The van der Waals surface area contributed by atoms with Crippen molar-refractivity contribution in [2.75, 3.05) is 44.8 Å². The van der Waals surface area contributed by atoms with Gasteiger partial charge in [-0.2, -0.15) is 0 Å². The zero-order valence-corrected chi connectivity index (χ0v) is 13.2. The second-order valence-electron chi connectivity index (χ2n) is 5.20. The molecule has 1 aromatic rings. The van der Waals surface area contributed by atoms with Crippen LogP contribution in [0.2, 0.25) is 0 Å². The topological polar surface area (TPSA) is 50.5 Å². The molecule has 3 N–H and O–H groups in total. The fourth-order valence-corrected chi connectivity index (χ4v) is 2.90. The molecule has 1 aliphatic heterocycles. The summed E-state index contributed by atoms with van der Waals surface area (Å²) in [5.74, 6) is 1.46. The largest absolute Gasteiger partial charge is 0.495 e. The SMILES string of the molecule is COc1cc(NCC2CCN(C)CC2)c(Br)cc1N. The van der Waals surface area contributed by atoms with Crippen molar-refractivity contribution in [3.05, 3.63) is 16.6 Å². The molecule has 0 bridgehead atoms. The second-order valence-corrected chi connectivity index (χ2v) is 6.06. The molecule has 0 saturated carbocycles. The van der Waals surface area contributed by atoms with Gasteiger partial charge >= 0.3 is 0 Å². The summed E-state index contributed by atoms with van der Waals surface area (Å²) < 4.78 is 6.24. The average molecular weight is 328 g/mol. The van der Waals surface area contributed by atoms with Crippen molar-refractivity contribution in [2.24, 2.45) is 5.92 Å². The smallest absolute Gasteiger partial charge is 0.143 e. The lowest BCUT2D eigenvalue weighted by atomic mass is 9.97. The van der Waals surface area contributed by atoms with Crippen LogP contribution in [0.1, 0.15) is 12.8 Å². The van der Waals surface area contributed by atoms with Crippen molar-refractivity contribution in [1.82, 2.24) is 4.90 Å². The zero-order valence-electron chi connectivity index (χ0n) is 11.6. The minimum Gasteiger partial charge on any atom is -0.495 e. The Balaban J connectivity index is 1.95. The summed E-state index contributed by atoms with van der Waals surface area (Å²) in [5, 5.41) is 3.50. The van der Waals surface area contributed by atoms with Gasteiger partial charge in [0, 0.05) is 17.1 Å². The third-order valence-electron chi connectivity index (χ3n) is 3.74. The van der Waals surface area contributed by atoms with Gasteiger partial charge in [-0.1, -0.05) is 0 Å². The quantitative estimate of drug-likeness (QED) is 0.835. The van der Waals surface area contributed by atoms with Crippen molar-refractivity contribution in [3.63, 3.8) is 0 Å². The predicted molar refractivity (Wildman–Crippen MR) is 83.8 cm³/mol. The molecule has 106 valence electrons. The van der Waals surface area contributed by atoms with Crippen LogP contribution in [0, 0.1) is 5.92 Å². The minimum atomic E-state index is 0.652. The standard InChI is InChI=1S/C14H22BrN3O/c1-18-5-3-10(4-6-18)9-17-13-8-14(19-2)12(16)7-11(13)15/h7-8,10,17H,3-6,9,16H2,1-2H3. The van der Waals surface area contributed by atoms with Crippen molar-refractivity contribution < 1.29 is 4.74 Å². The highest BCUT2D eigenvalue weighted by Gasteiger charge is 2.17. The summed E-state index contributed by atoms with van der Waals surface area (Å²) in [6, 6.07) is 3.84. The minimum absolute atomic E-state index is 0.652. The molecule has 1 saturated heterocycles. The zero-order chi connectivity index (χ0) is 13.8. The Hall–Kier alpha value is -0.940. The molecule has 5 heteroatoms. The number of hydrogen-bond donors (Lipinski definition) is 2. The molecule has 19 heavy (non-hydrogen) atoms. The number of nitrogens with one attached hydrogen (secondary N) is 1. The molecule has 0 atom stereocenters. The monoisotopic (exact) mass is 327 g/mol. The van der Waals surface area contributed by atoms with E-state index in [0.717, 1.165) is 22.6 Å². The third-order valence-corrected chi connectivity index (χ3v) is 4.39. The summed E-state index contributed by atoms with van der Waals surface area (Å²) >= 11 is 3.54. The van der Waals surface area contributed by atoms with Crippen molar-refractivity contribution in [1.29, 1.82) is 0 Å². The van der Waals surface area contributed by atoms with Crippen LogP contribution >= 0.6 is 15.9 Å². The van der Waals surface area contributed by atoms with E-state index in [0.29, 0.717) is 11.4 Å². The number of benzene rings is 1. The molecule has 1 aliphatic rings. The molecular formula is C14H22BrN3O. The van der Waals surface area contributed by atoms with Crippen molar-refractivity contribution in [2.45, 2.75) is 12.8 Å². The van der Waals surface area contributed by atoms with Gasteiger partial charge in [-0.3, -0.25) is 0 Å². The summed E-state index contributed by atoms with van der Waals surface area (Å²) in [4.78, 5) is 2.39. The Labute approximate surface area is 123 Å². The lowest BCUT2D eigenvalue weighted by Gasteiger charge is -2.29. The normalized spacial score (nSPS) is 17.4. The van der Waals surface area contributed by atoms with Crippen LogP contribution in [0.3, 0.4) is 0 Å². The second kappa shape index (κ2) is 6.48. The number of nitrogens with two attached hydrogens (primary N) is 1. The highest BCUT2D eigenvalue weighted by Crippen LogP contribution is 2.33. The number of hydrogen-bond acceptors (Lipinski definition) is 4. The van der Waals surface area contributed by atoms with Crippen LogP contribution in [-0.4, -0.2) is 38.7 Å². The molecule has 0 amide bonds. The van der Waals surface area contributed by atoms with E-state index in [4.69, 9.17) is 10.5 Å². The van der Waals surface area contributed by atoms with E-state index < -0.39 is 0 Å². The number of ether oxygens (including phenoxy) is 1. The van der Waals surface area contributed by atoms with E-state index in [2.05, 4.69) is 33.2 Å². The van der Waals surface area contributed by atoms with E-state index in [1.165, 1.54) is 25.9 Å². The maximum Gasteiger partial charge on any atom is 0.143 e. The van der Waals surface area contributed by atoms with Crippen molar-refractivity contribution in [3.8, 4) is 5.75 Å². The number of halogens is 1. The molecule has 1 heterocycles. The van der Waals surface area contributed by atoms with Gasteiger partial charge in [0.05, 0.1) is 18.5 Å². The molecule has 0 aromatic heterocycles. The lowest BCUT2D eigenvalue weighted by molar-refractivity contribution is 0.226. The van der Waals surface area contributed by atoms with Gasteiger partial charge in [-0.15, -0.1) is 0 Å². The first-order chi connectivity index (χ1) is 9.10. The van der Waals surface area contributed by atoms with Crippen LogP contribution in [0.25, 0.3) is 0 Å². The Morgan fingerprint density at radius 1 is 1.42 bits per heavy atom. The van der Waals surface area contributed by atoms with Crippen LogP contribution in [0.4, 0.5) is 11.4 Å². The molecule has 1 aromatic carbocycles. The number of methoxy groups -OCH3 is 1. The first-order valence-corrected chi connectivity index (χ1v) is 7.45. The summed E-state index contributed by atoms with van der Waals surface area (Å²) in [5.41, 5.74) is 7.57. The molecule has 1 fully saturated rings. The number of nitrogens with zero attached hydrogens (tertiary/aromatic N) is 1. The van der Waals surface area contributed by atoms with Crippen LogP contribution in [0.15, 0.2) is 16.6 Å². The number of nitrogen functional groups attached to an aromatic ring is 1. The van der Waals surface area contributed by atoms with Gasteiger partial charge in [0.25, 0.3) is 0 Å². The first kappa shape index (κ1) is 14.5. The fourth-order valence-electron chi connectivity index (χ4n) is 2.40. The highest BCUT2D eigenvalue weighted by molar-refractivity contribution is 9.10. The maximum absolute atomic E-state index is 5.87. The number of piperidine rings is 1. The highest BCUT2D eigenvalue weighted by atomic mass is 79.9. The number of likely N-dealkylation sites (tertiary alicyclic amines) is 1. The van der Waals surface area contributed by atoms with Crippen molar-refractivity contribution >= 4 is 27.3 Å². The van der Waals surface area contributed by atoms with Crippen LogP contribution < -0.4 is 15.8 Å². The Morgan fingerprint density at radius 3 is 2.74 bits per heavy atom. The Bertz CT molecular complexity index is 431. The number of anilines is 2. The molecule has 2 rings (SSSR count). The van der Waals surface area contributed by atoms with Crippen LogP contribution in [-0.2, 0) is 0 Å². The molecular weight excluding hydrogens is 306 g/mol. The summed E-state index contributed by atoms with van der Waals surface area (Å²) in [6.07, 6.45) is 2.51. The molecule has 0 unspecified atom stereocenters. The predicted octanol–water partition coefficient (Wildman–Crippen LogP) is 2.79. The van der Waals surface area contributed by atoms with Gasteiger partial charge in [-0.05, 0) is 60.9 Å².